The number of rotatable bonds is 2. The third-order valence-corrected chi connectivity index (χ3v) is 5.78. The first-order valence-corrected chi connectivity index (χ1v) is 8.42. The minimum atomic E-state index is 0.000885. The minimum absolute atomic E-state index is 0.000885. The van der Waals surface area contributed by atoms with E-state index in [0.717, 1.165) is 34.7 Å². The molecule has 0 N–H and O–H groups in total. The molecule has 1 unspecified atom stereocenters. The SMILES string of the molecule is COc1cc2c(cc1OC)C1Sc3ccccc3C(=O)N1CC2. The smallest absolute Gasteiger partial charge is 0.256 e. The molecule has 2 aromatic rings. The van der Waals surface area contributed by atoms with Crippen LogP contribution >= 0.6 is 11.8 Å². The number of fused-ring (bicyclic) bond motifs is 4. The van der Waals surface area contributed by atoms with Crippen molar-refractivity contribution < 1.29 is 14.3 Å². The molecule has 2 aliphatic heterocycles. The highest BCUT2D eigenvalue weighted by Crippen LogP contribution is 2.49. The van der Waals surface area contributed by atoms with E-state index in [9.17, 15) is 4.79 Å². The van der Waals surface area contributed by atoms with Crippen LogP contribution < -0.4 is 9.47 Å². The fraction of sp³-hybridized carbons (Fsp3) is 0.278. The highest BCUT2D eigenvalue weighted by molar-refractivity contribution is 7.99. The second-order valence-electron chi connectivity index (χ2n) is 5.62. The summed E-state index contributed by atoms with van der Waals surface area (Å²) in [6.07, 6.45) is 0.834. The predicted octanol–water partition coefficient (Wildman–Crippen LogP) is 3.51. The first-order chi connectivity index (χ1) is 11.2. The summed E-state index contributed by atoms with van der Waals surface area (Å²) in [4.78, 5) is 15.8. The topological polar surface area (TPSA) is 38.8 Å². The number of thioether (sulfide) groups is 1. The van der Waals surface area contributed by atoms with E-state index in [1.165, 1.54) is 5.56 Å². The lowest BCUT2D eigenvalue weighted by atomic mass is 9.97. The van der Waals surface area contributed by atoms with Gasteiger partial charge in [-0.3, -0.25) is 4.79 Å². The van der Waals surface area contributed by atoms with Crippen molar-refractivity contribution in [3.8, 4) is 11.5 Å². The first kappa shape index (κ1) is 14.5. The third kappa shape index (κ3) is 2.18. The second kappa shape index (κ2) is 5.49. The molecule has 0 bridgehead atoms. The lowest BCUT2D eigenvalue weighted by Crippen LogP contribution is -2.41. The van der Waals surface area contributed by atoms with Crippen molar-refractivity contribution in [2.24, 2.45) is 0 Å². The molecule has 2 heterocycles. The van der Waals surface area contributed by atoms with Crippen molar-refractivity contribution in [3.63, 3.8) is 0 Å². The van der Waals surface area contributed by atoms with Crippen molar-refractivity contribution in [1.29, 1.82) is 0 Å². The Morgan fingerprint density at radius 1 is 1.13 bits per heavy atom. The van der Waals surface area contributed by atoms with Gasteiger partial charge in [-0.15, -0.1) is 0 Å². The molecule has 118 valence electrons. The largest absolute Gasteiger partial charge is 0.493 e. The highest BCUT2D eigenvalue weighted by atomic mass is 32.2. The van der Waals surface area contributed by atoms with E-state index in [1.807, 2.05) is 41.3 Å². The zero-order chi connectivity index (χ0) is 16.0. The molecule has 0 aliphatic carbocycles. The van der Waals surface area contributed by atoms with Gasteiger partial charge in [-0.25, -0.2) is 0 Å². The number of carbonyl (C=O) groups is 1. The number of nitrogens with zero attached hydrogens (tertiary/aromatic N) is 1. The minimum Gasteiger partial charge on any atom is -0.493 e. The molecule has 4 rings (SSSR count). The number of hydrogen-bond acceptors (Lipinski definition) is 4. The standard InChI is InChI=1S/C18H17NO3S/c1-21-14-9-11-7-8-19-17(20)12-5-3-4-6-16(12)23-18(19)13(11)10-15(14)22-2/h3-6,9-10,18H,7-8H2,1-2H3. The number of ether oxygens (including phenoxy) is 2. The Morgan fingerprint density at radius 3 is 2.65 bits per heavy atom. The normalized spacial score (nSPS) is 18.8. The Balaban J connectivity index is 1.83. The average Bonchev–Trinajstić information content (AvgIpc) is 2.60. The molecule has 2 aliphatic rings. The maximum atomic E-state index is 12.8. The van der Waals surface area contributed by atoms with Gasteiger partial charge in [-0.1, -0.05) is 23.9 Å². The number of benzene rings is 2. The molecule has 5 heteroatoms. The molecular weight excluding hydrogens is 310 g/mol. The van der Waals surface area contributed by atoms with Gasteiger partial charge in [0.1, 0.15) is 5.37 Å². The molecule has 1 atom stereocenters. The van der Waals surface area contributed by atoms with Gasteiger partial charge in [0.25, 0.3) is 5.91 Å². The maximum absolute atomic E-state index is 12.8. The van der Waals surface area contributed by atoms with Crippen LogP contribution in [0.4, 0.5) is 0 Å². The Labute approximate surface area is 139 Å². The van der Waals surface area contributed by atoms with E-state index in [2.05, 4.69) is 0 Å². The molecule has 23 heavy (non-hydrogen) atoms. The summed E-state index contributed by atoms with van der Waals surface area (Å²) in [7, 11) is 3.29. The lowest BCUT2D eigenvalue weighted by Gasteiger charge is -2.40. The summed E-state index contributed by atoms with van der Waals surface area (Å²) < 4.78 is 10.8. The Kier molecular flexibility index (Phi) is 3.45. The van der Waals surface area contributed by atoms with E-state index < -0.39 is 0 Å². The predicted molar refractivity (Wildman–Crippen MR) is 89.3 cm³/mol. The number of amides is 1. The van der Waals surface area contributed by atoms with Gasteiger partial charge in [0.05, 0.1) is 19.8 Å². The van der Waals surface area contributed by atoms with Gasteiger partial charge in [-0.05, 0) is 41.8 Å². The van der Waals surface area contributed by atoms with Gasteiger partial charge in [0.15, 0.2) is 11.5 Å². The number of methoxy groups -OCH3 is 2. The average molecular weight is 327 g/mol. The van der Waals surface area contributed by atoms with Crippen LogP contribution in [0.25, 0.3) is 0 Å². The Morgan fingerprint density at radius 2 is 1.87 bits per heavy atom. The van der Waals surface area contributed by atoms with Gasteiger partial charge in [0.2, 0.25) is 0 Å². The zero-order valence-electron chi connectivity index (χ0n) is 13.0. The maximum Gasteiger partial charge on any atom is 0.256 e. The molecule has 4 nitrogen and oxygen atoms in total. The summed E-state index contributed by atoms with van der Waals surface area (Å²) in [5.74, 6) is 1.57. The van der Waals surface area contributed by atoms with Gasteiger partial charge in [-0.2, -0.15) is 0 Å². The molecule has 0 saturated heterocycles. The van der Waals surface area contributed by atoms with Crippen LogP contribution in [0.15, 0.2) is 41.3 Å². The van der Waals surface area contributed by atoms with Crippen molar-refractivity contribution in [2.75, 3.05) is 20.8 Å². The fourth-order valence-electron chi connectivity index (χ4n) is 3.27. The quantitative estimate of drug-likeness (QED) is 0.846. The summed E-state index contributed by atoms with van der Waals surface area (Å²) in [6, 6.07) is 11.9. The molecular formula is C18H17NO3S. The first-order valence-electron chi connectivity index (χ1n) is 7.54. The van der Waals surface area contributed by atoms with Crippen molar-refractivity contribution >= 4 is 17.7 Å². The number of carbonyl (C=O) groups excluding carboxylic acids is 1. The van der Waals surface area contributed by atoms with Crippen molar-refractivity contribution in [1.82, 2.24) is 4.90 Å². The van der Waals surface area contributed by atoms with Crippen LogP contribution in [-0.2, 0) is 6.42 Å². The van der Waals surface area contributed by atoms with E-state index in [0.29, 0.717) is 5.75 Å². The monoisotopic (exact) mass is 327 g/mol. The highest BCUT2D eigenvalue weighted by Gasteiger charge is 2.37. The Hall–Kier alpha value is -2.14. The molecule has 0 fully saturated rings. The molecule has 0 saturated carbocycles. The van der Waals surface area contributed by atoms with E-state index in [4.69, 9.17) is 9.47 Å². The molecule has 0 aromatic heterocycles. The Bertz CT molecular complexity index is 790. The van der Waals surface area contributed by atoms with Crippen LogP contribution in [0.5, 0.6) is 11.5 Å². The van der Waals surface area contributed by atoms with E-state index in [-0.39, 0.29) is 11.3 Å². The van der Waals surface area contributed by atoms with Crippen LogP contribution in [-0.4, -0.2) is 31.6 Å². The molecule has 0 radical (unpaired) electrons. The van der Waals surface area contributed by atoms with Crippen LogP contribution in [0, 0.1) is 0 Å². The van der Waals surface area contributed by atoms with Crippen LogP contribution in [0.1, 0.15) is 26.9 Å². The van der Waals surface area contributed by atoms with E-state index in [1.54, 1.807) is 26.0 Å². The van der Waals surface area contributed by atoms with Crippen LogP contribution in [0.2, 0.25) is 0 Å². The van der Waals surface area contributed by atoms with Crippen molar-refractivity contribution in [3.05, 3.63) is 53.1 Å². The van der Waals surface area contributed by atoms with Gasteiger partial charge in [0, 0.05) is 11.4 Å². The fourth-order valence-corrected chi connectivity index (χ4v) is 4.62. The number of hydrogen-bond donors (Lipinski definition) is 0. The summed E-state index contributed by atoms with van der Waals surface area (Å²) >= 11 is 1.73. The van der Waals surface area contributed by atoms with Gasteiger partial charge >= 0.3 is 0 Å². The molecule has 2 aromatic carbocycles. The molecule has 1 amide bonds. The summed E-state index contributed by atoms with van der Waals surface area (Å²) in [5.41, 5.74) is 3.17. The molecule has 0 spiro atoms. The summed E-state index contributed by atoms with van der Waals surface area (Å²) in [6.45, 7) is 0.729. The second-order valence-corrected chi connectivity index (χ2v) is 6.74. The van der Waals surface area contributed by atoms with Crippen molar-refractivity contribution in [2.45, 2.75) is 16.7 Å². The van der Waals surface area contributed by atoms with Crippen LogP contribution in [0.3, 0.4) is 0 Å². The summed E-state index contributed by atoms with van der Waals surface area (Å²) in [5, 5.41) is 0.000885. The van der Waals surface area contributed by atoms with E-state index >= 15 is 0 Å². The van der Waals surface area contributed by atoms with Gasteiger partial charge < -0.3 is 14.4 Å². The lowest BCUT2D eigenvalue weighted by molar-refractivity contribution is 0.0716. The third-order valence-electron chi connectivity index (χ3n) is 4.43. The zero-order valence-corrected chi connectivity index (χ0v) is 13.9.